The molecule has 0 bridgehead atoms. The molecule has 168 valence electrons. The standard InChI is InChI=1S/C10H15FN5O11P3/c11-5-1-7(16-4-15-8-9(12)13-3-14-10(8)16)25-6(5)2-24-29(20,21)27-30(22,23)26-28(17,18)19/h3-7H,1-2H2,(H,20,21)(H,22,23)(H2,12,13,14)(H2,17,18,19)/t5-,6+,7+/m0/s1. The predicted octanol–water partition coefficient (Wildman–Crippen LogP) is 0.377. The van der Waals surface area contributed by atoms with Crippen molar-refractivity contribution < 1.29 is 55.5 Å². The van der Waals surface area contributed by atoms with Gasteiger partial charge in [-0.2, -0.15) is 8.62 Å². The topological polar surface area (TPSA) is 239 Å². The number of phosphoric acid groups is 3. The number of ether oxygens (including phenoxy) is 1. The zero-order valence-electron chi connectivity index (χ0n) is 14.5. The van der Waals surface area contributed by atoms with E-state index in [9.17, 15) is 23.0 Å². The van der Waals surface area contributed by atoms with Gasteiger partial charge >= 0.3 is 23.5 Å². The van der Waals surface area contributed by atoms with Crippen molar-refractivity contribution in [1.82, 2.24) is 19.5 Å². The van der Waals surface area contributed by atoms with Crippen molar-refractivity contribution in [2.24, 2.45) is 0 Å². The Morgan fingerprint density at radius 3 is 2.53 bits per heavy atom. The van der Waals surface area contributed by atoms with E-state index in [0.717, 1.165) is 0 Å². The molecular formula is C10H15FN5O11P3. The number of nitrogens with zero attached hydrogens (tertiary/aromatic N) is 4. The Kier molecular flexibility index (Phi) is 6.45. The molecule has 0 aliphatic carbocycles. The molecule has 2 unspecified atom stereocenters. The van der Waals surface area contributed by atoms with Crippen molar-refractivity contribution in [3.05, 3.63) is 12.7 Å². The fraction of sp³-hybridized carbons (Fsp3) is 0.500. The van der Waals surface area contributed by atoms with Crippen LogP contribution in [-0.4, -0.2) is 58.0 Å². The van der Waals surface area contributed by atoms with Crippen molar-refractivity contribution in [2.75, 3.05) is 12.3 Å². The number of alkyl halides is 1. The molecule has 0 saturated carbocycles. The Morgan fingerprint density at radius 1 is 1.17 bits per heavy atom. The minimum absolute atomic E-state index is 0.0951. The van der Waals surface area contributed by atoms with E-state index < -0.39 is 48.6 Å². The molecule has 16 nitrogen and oxygen atoms in total. The lowest BCUT2D eigenvalue weighted by Crippen LogP contribution is -2.23. The molecule has 2 aromatic heterocycles. The highest BCUT2D eigenvalue weighted by Gasteiger charge is 2.43. The van der Waals surface area contributed by atoms with E-state index in [1.54, 1.807) is 0 Å². The number of imidazole rings is 1. The molecule has 1 aliphatic heterocycles. The minimum atomic E-state index is -5.67. The summed E-state index contributed by atoms with van der Waals surface area (Å²) >= 11 is 0. The van der Waals surface area contributed by atoms with Crippen LogP contribution in [0.5, 0.6) is 0 Å². The Balaban J connectivity index is 1.64. The summed E-state index contributed by atoms with van der Waals surface area (Å²) in [6.45, 7) is -0.912. The van der Waals surface area contributed by atoms with Crippen molar-refractivity contribution in [3.8, 4) is 0 Å². The van der Waals surface area contributed by atoms with E-state index in [4.69, 9.17) is 25.2 Å². The fourth-order valence-corrected chi connectivity index (χ4v) is 5.59. The van der Waals surface area contributed by atoms with Crippen LogP contribution in [0.2, 0.25) is 0 Å². The van der Waals surface area contributed by atoms with Gasteiger partial charge in [0.15, 0.2) is 11.5 Å². The Morgan fingerprint density at radius 2 is 1.87 bits per heavy atom. The van der Waals surface area contributed by atoms with Crippen LogP contribution in [0.3, 0.4) is 0 Å². The maximum Gasteiger partial charge on any atom is 0.490 e. The van der Waals surface area contributed by atoms with Crippen LogP contribution >= 0.6 is 23.5 Å². The molecule has 0 spiro atoms. The molecule has 30 heavy (non-hydrogen) atoms. The third-order valence-electron chi connectivity index (χ3n) is 3.68. The van der Waals surface area contributed by atoms with Crippen LogP contribution in [0.1, 0.15) is 12.6 Å². The zero-order valence-corrected chi connectivity index (χ0v) is 17.2. The summed E-state index contributed by atoms with van der Waals surface area (Å²) in [5.41, 5.74) is 6.19. The van der Waals surface area contributed by atoms with Gasteiger partial charge in [0.2, 0.25) is 0 Å². The molecule has 1 saturated heterocycles. The zero-order chi connectivity index (χ0) is 22.3. The van der Waals surface area contributed by atoms with E-state index in [0.29, 0.717) is 0 Å². The lowest BCUT2D eigenvalue weighted by atomic mass is 10.2. The van der Waals surface area contributed by atoms with Gasteiger partial charge in [-0.15, -0.1) is 0 Å². The summed E-state index contributed by atoms with van der Waals surface area (Å²) in [7, 11) is -16.6. The number of rotatable bonds is 8. The summed E-state index contributed by atoms with van der Waals surface area (Å²) in [4.78, 5) is 47.2. The molecule has 5 atom stereocenters. The van der Waals surface area contributed by atoms with Crippen molar-refractivity contribution in [1.29, 1.82) is 0 Å². The normalized spacial score (nSPS) is 26.5. The van der Waals surface area contributed by atoms with Crippen LogP contribution in [0, 0.1) is 0 Å². The number of nitrogens with two attached hydrogens (primary N) is 1. The summed E-state index contributed by atoms with van der Waals surface area (Å²) < 4.78 is 66.2. The van der Waals surface area contributed by atoms with E-state index in [1.165, 1.54) is 17.2 Å². The van der Waals surface area contributed by atoms with Crippen molar-refractivity contribution in [3.63, 3.8) is 0 Å². The number of phosphoric ester groups is 1. The predicted molar refractivity (Wildman–Crippen MR) is 93.0 cm³/mol. The Bertz CT molecular complexity index is 1080. The van der Waals surface area contributed by atoms with Crippen LogP contribution in [0.15, 0.2) is 12.7 Å². The lowest BCUT2D eigenvalue weighted by molar-refractivity contribution is -0.0317. The fourth-order valence-electron chi connectivity index (χ4n) is 2.56. The molecule has 2 aromatic rings. The number of anilines is 1. The van der Waals surface area contributed by atoms with Crippen LogP contribution in [-0.2, 0) is 31.6 Å². The number of hydrogen-bond acceptors (Lipinski definition) is 11. The van der Waals surface area contributed by atoms with Crippen molar-refractivity contribution in [2.45, 2.75) is 24.9 Å². The number of hydrogen-bond donors (Lipinski definition) is 5. The smallest absolute Gasteiger partial charge is 0.382 e. The molecule has 0 amide bonds. The first-order valence-electron chi connectivity index (χ1n) is 7.77. The third-order valence-corrected chi connectivity index (χ3v) is 7.48. The van der Waals surface area contributed by atoms with Crippen LogP contribution in [0.25, 0.3) is 11.2 Å². The average Bonchev–Trinajstić information content (AvgIpc) is 3.14. The largest absolute Gasteiger partial charge is 0.490 e. The molecule has 3 heterocycles. The lowest BCUT2D eigenvalue weighted by Gasteiger charge is -2.19. The van der Waals surface area contributed by atoms with E-state index in [2.05, 4.69) is 28.1 Å². The molecule has 0 radical (unpaired) electrons. The maximum absolute atomic E-state index is 14.3. The van der Waals surface area contributed by atoms with Crippen LogP contribution in [0.4, 0.5) is 10.2 Å². The monoisotopic (exact) mass is 493 g/mol. The Labute approximate surface area is 166 Å². The summed E-state index contributed by atoms with van der Waals surface area (Å²) in [6, 6.07) is 0. The quantitative estimate of drug-likeness (QED) is 0.312. The molecule has 0 aromatic carbocycles. The number of fused-ring (bicyclic) bond motifs is 1. The highest BCUT2D eigenvalue weighted by Crippen LogP contribution is 2.66. The molecule has 20 heteroatoms. The molecule has 3 rings (SSSR count). The molecular weight excluding hydrogens is 478 g/mol. The van der Waals surface area contributed by atoms with Gasteiger partial charge in [-0.05, 0) is 0 Å². The Hall–Kier alpha value is -1.35. The first-order chi connectivity index (χ1) is 13.8. The number of halogens is 1. The first-order valence-corrected chi connectivity index (χ1v) is 12.3. The van der Waals surface area contributed by atoms with Gasteiger partial charge in [-0.3, -0.25) is 9.09 Å². The number of aromatic nitrogens is 4. The van der Waals surface area contributed by atoms with Gasteiger partial charge in [-0.1, -0.05) is 0 Å². The summed E-state index contributed by atoms with van der Waals surface area (Å²) in [5, 5.41) is 0. The van der Waals surface area contributed by atoms with E-state index in [1.807, 2.05) is 0 Å². The highest BCUT2D eigenvalue weighted by atomic mass is 31.3. The number of nitrogen functional groups attached to an aromatic ring is 1. The molecule has 1 aliphatic rings. The van der Waals surface area contributed by atoms with Gasteiger partial charge in [0.1, 0.15) is 30.3 Å². The maximum atomic E-state index is 14.3. The summed E-state index contributed by atoms with van der Waals surface area (Å²) in [6.07, 6.45) is -1.80. The molecule has 6 N–H and O–H groups in total. The highest BCUT2D eigenvalue weighted by molar-refractivity contribution is 7.66. The molecule has 1 fully saturated rings. The van der Waals surface area contributed by atoms with E-state index in [-0.39, 0.29) is 23.4 Å². The average molecular weight is 493 g/mol. The second kappa shape index (κ2) is 8.30. The SMILES string of the molecule is Nc1ncnc2c1ncn2[C@H]1C[C@H](F)[C@@H](COP(=O)(O)OP(=O)(O)OP(=O)(O)O)O1. The van der Waals surface area contributed by atoms with Gasteiger partial charge < -0.3 is 30.0 Å². The minimum Gasteiger partial charge on any atom is -0.382 e. The first kappa shape index (κ1) is 23.3. The van der Waals surface area contributed by atoms with Crippen molar-refractivity contribution >= 4 is 40.4 Å². The van der Waals surface area contributed by atoms with E-state index >= 15 is 0 Å². The second-order valence-electron chi connectivity index (χ2n) is 5.85. The second-order valence-corrected chi connectivity index (χ2v) is 10.3. The van der Waals surface area contributed by atoms with Crippen LogP contribution < -0.4 is 5.73 Å². The van der Waals surface area contributed by atoms with Gasteiger partial charge in [0.25, 0.3) is 0 Å². The van der Waals surface area contributed by atoms with Gasteiger partial charge in [-0.25, -0.2) is 33.0 Å². The third kappa shape index (κ3) is 5.66. The summed E-state index contributed by atoms with van der Waals surface area (Å²) in [5.74, 6) is 0.0951. The van der Waals surface area contributed by atoms with Gasteiger partial charge in [0, 0.05) is 6.42 Å². The van der Waals surface area contributed by atoms with Gasteiger partial charge in [0.05, 0.1) is 12.9 Å².